The zero-order valence-corrected chi connectivity index (χ0v) is 18.8. The molecule has 1 aromatic heterocycles. The number of fused-ring (bicyclic) bond motifs is 1. The Labute approximate surface area is 186 Å². The first-order valence-electron chi connectivity index (χ1n) is 10.2. The van der Waals surface area contributed by atoms with E-state index in [0.717, 1.165) is 17.5 Å². The topological polar surface area (TPSA) is 59.8 Å². The zero-order valence-electron chi connectivity index (χ0n) is 17.2. The minimum atomic E-state index is -0.0245. The number of halogens is 1. The number of amides is 1. The zero-order chi connectivity index (χ0) is 21.1. The van der Waals surface area contributed by atoms with Gasteiger partial charge in [0.2, 0.25) is 5.91 Å². The Hall–Kier alpha value is -2.31. The molecule has 0 radical (unpaired) electrons. The Kier molecular flexibility index (Phi) is 6.44. The van der Waals surface area contributed by atoms with Crippen LogP contribution in [0.5, 0.6) is 0 Å². The standard InChI is InChI=1S/C23H25ClN4OS/c1-15(17-12-11-16-7-3-4-8-18(16)13-17)25-21(29)14-30-23-27-26-22(28(23)2)19-9-5-6-10-20(19)24/h5-6,9-13,15H,3-4,7-8,14H2,1-2H3,(H,25,29). The molecular weight excluding hydrogens is 416 g/mol. The lowest BCUT2D eigenvalue weighted by Gasteiger charge is -2.20. The van der Waals surface area contributed by atoms with Crippen molar-refractivity contribution in [2.24, 2.45) is 7.05 Å². The highest BCUT2D eigenvalue weighted by Crippen LogP contribution is 2.28. The summed E-state index contributed by atoms with van der Waals surface area (Å²) in [4.78, 5) is 12.5. The summed E-state index contributed by atoms with van der Waals surface area (Å²) >= 11 is 7.65. The minimum Gasteiger partial charge on any atom is -0.349 e. The summed E-state index contributed by atoms with van der Waals surface area (Å²) in [6.07, 6.45) is 4.83. The molecule has 3 aromatic rings. The van der Waals surface area contributed by atoms with Crippen molar-refractivity contribution in [2.45, 2.75) is 43.8 Å². The molecule has 0 bridgehead atoms. The second kappa shape index (κ2) is 9.23. The van der Waals surface area contributed by atoms with E-state index in [1.54, 1.807) is 0 Å². The van der Waals surface area contributed by atoms with Crippen LogP contribution in [-0.2, 0) is 24.7 Å². The van der Waals surface area contributed by atoms with Crippen LogP contribution < -0.4 is 5.32 Å². The number of carbonyl (C=O) groups excluding carboxylic acids is 1. The third kappa shape index (κ3) is 4.55. The molecule has 1 aliphatic rings. The van der Waals surface area contributed by atoms with E-state index in [0.29, 0.717) is 16.0 Å². The number of rotatable bonds is 6. The van der Waals surface area contributed by atoms with Gasteiger partial charge in [-0.3, -0.25) is 4.79 Å². The van der Waals surface area contributed by atoms with Crippen molar-refractivity contribution in [1.29, 1.82) is 0 Å². The van der Waals surface area contributed by atoms with Gasteiger partial charge in [-0.25, -0.2) is 0 Å². The van der Waals surface area contributed by atoms with E-state index >= 15 is 0 Å². The van der Waals surface area contributed by atoms with Gasteiger partial charge in [0.1, 0.15) is 0 Å². The molecule has 0 aliphatic heterocycles. The minimum absolute atomic E-state index is 0.0208. The molecule has 1 unspecified atom stereocenters. The molecule has 1 aliphatic carbocycles. The molecule has 7 heteroatoms. The first kappa shape index (κ1) is 20.9. The van der Waals surface area contributed by atoms with Crippen molar-refractivity contribution >= 4 is 29.3 Å². The molecule has 1 heterocycles. The smallest absolute Gasteiger partial charge is 0.230 e. The molecule has 1 amide bonds. The lowest BCUT2D eigenvalue weighted by Crippen LogP contribution is -2.28. The van der Waals surface area contributed by atoms with Gasteiger partial charge in [-0.1, -0.05) is 53.7 Å². The van der Waals surface area contributed by atoms with Crippen molar-refractivity contribution in [2.75, 3.05) is 5.75 Å². The van der Waals surface area contributed by atoms with E-state index in [-0.39, 0.29) is 17.7 Å². The number of benzene rings is 2. The Bertz CT molecular complexity index is 1070. The first-order valence-corrected chi connectivity index (χ1v) is 11.6. The summed E-state index contributed by atoms with van der Waals surface area (Å²) < 4.78 is 1.87. The molecule has 1 atom stereocenters. The van der Waals surface area contributed by atoms with Gasteiger partial charge in [0.25, 0.3) is 0 Å². The number of aryl methyl sites for hydroxylation is 2. The monoisotopic (exact) mass is 440 g/mol. The van der Waals surface area contributed by atoms with Crippen LogP contribution in [0.3, 0.4) is 0 Å². The third-order valence-corrected chi connectivity index (χ3v) is 6.88. The lowest BCUT2D eigenvalue weighted by molar-refractivity contribution is -0.119. The number of thioether (sulfide) groups is 1. The predicted octanol–water partition coefficient (Wildman–Crippen LogP) is 4.98. The predicted molar refractivity (Wildman–Crippen MR) is 122 cm³/mol. The molecule has 2 aromatic carbocycles. The van der Waals surface area contributed by atoms with Crippen LogP contribution in [0.4, 0.5) is 0 Å². The highest BCUT2D eigenvalue weighted by atomic mass is 35.5. The Morgan fingerprint density at radius 3 is 2.73 bits per heavy atom. The Morgan fingerprint density at radius 1 is 1.17 bits per heavy atom. The quantitative estimate of drug-likeness (QED) is 0.549. The highest BCUT2D eigenvalue weighted by Gasteiger charge is 2.17. The van der Waals surface area contributed by atoms with Crippen LogP contribution in [0.15, 0.2) is 47.6 Å². The van der Waals surface area contributed by atoms with Crippen LogP contribution in [0.25, 0.3) is 11.4 Å². The van der Waals surface area contributed by atoms with E-state index in [1.807, 2.05) is 42.8 Å². The van der Waals surface area contributed by atoms with E-state index in [1.165, 1.54) is 42.2 Å². The van der Waals surface area contributed by atoms with Gasteiger partial charge < -0.3 is 9.88 Å². The summed E-state index contributed by atoms with van der Waals surface area (Å²) in [7, 11) is 1.88. The van der Waals surface area contributed by atoms with Crippen LogP contribution >= 0.6 is 23.4 Å². The second-order valence-electron chi connectivity index (χ2n) is 7.66. The number of hydrogen-bond acceptors (Lipinski definition) is 4. The molecule has 156 valence electrons. The van der Waals surface area contributed by atoms with Gasteiger partial charge in [-0.15, -0.1) is 10.2 Å². The van der Waals surface area contributed by atoms with Crippen molar-refractivity contribution in [3.8, 4) is 11.4 Å². The Balaban J connectivity index is 1.37. The molecule has 4 rings (SSSR count). The fourth-order valence-electron chi connectivity index (χ4n) is 3.84. The number of aromatic nitrogens is 3. The molecule has 0 saturated carbocycles. The number of hydrogen-bond donors (Lipinski definition) is 1. The molecular formula is C23H25ClN4OS. The molecule has 0 saturated heterocycles. The van der Waals surface area contributed by atoms with E-state index in [4.69, 9.17) is 11.6 Å². The molecule has 5 nitrogen and oxygen atoms in total. The van der Waals surface area contributed by atoms with Gasteiger partial charge in [0.15, 0.2) is 11.0 Å². The van der Waals surface area contributed by atoms with E-state index in [2.05, 4.69) is 33.7 Å². The molecule has 1 N–H and O–H groups in total. The van der Waals surface area contributed by atoms with E-state index < -0.39 is 0 Å². The van der Waals surface area contributed by atoms with Crippen LogP contribution in [-0.4, -0.2) is 26.4 Å². The summed E-state index contributed by atoms with van der Waals surface area (Å²) in [5.74, 6) is 0.947. The highest BCUT2D eigenvalue weighted by molar-refractivity contribution is 7.99. The third-order valence-electron chi connectivity index (χ3n) is 5.53. The largest absolute Gasteiger partial charge is 0.349 e. The number of carbonyl (C=O) groups is 1. The second-order valence-corrected chi connectivity index (χ2v) is 9.01. The first-order chi connectivity index (χ1) is 14.5. The fraction of sp³-hybridized carbons (Fsp3) is 0.348. The molecule has 0 fully saturated rings. The van der Waals surface area contributed by atoms with Crippen LogP contribution in [0.2, 0.25) is 5.02 Å². The normalized spacial score (nSPS) is 14.2. The lowest BCUT2D eigenvalue weighted by atomic mass is 9.89. The fourth-order valence-corrected chi connectivity index (χ4v) is 4.78. The van der Waals surface area contributed by atoms with Gasteiger partial charge in [-0.2, -0.15) is 0 Å². The number of nitrogens with one attached hydrogen (secondary N) is 1. The summed E-state index contributed by atoms with van der Waals surface area (Å²) in [6.45, 7) is 2.03. The summed E-state index contributed by atoms with van der Waals surface area (Å²) in [5.41, 5.74) is 4.87. The summed E-state index contributed by atoms with van der Waals surface area (Å²) in [5, 5.41) is 12.9. The summed E-state index contributed by atoms with van der Waals surface area (Å²) in [6, 6.07) is 14.1. The Morgan fingerprint density at radius 2 is 1.93 bits per heavy atom. The van der Waals surface area contributed by atoms with Crippen molar-refractivity contribution < 1.29 is 4.79 Å². The maximum absolute atomic E-state index is 12.5. The van der Waals surface area contributed by atoms with Gasteiger partial charge in [0.05, 0.1) is 16.8 Å². The van der Waals surface area contributed by atoms with E-state index in [9.17, 15) is 4.79 Å². The van der Waals surface area contributed by atoms with Crippen molar-refractivity contribution in [3.63, 3.8) is 0 Å². The maximum Gasteiger partial charge on any atom is 0.230 e. The van der Waals surface area contributed by atoms with Gasteiger partial charge >= 0.3 is 0 Å². The average molecular weight is 441 g/mol. The SMILES string of the molecule is CC(NC(=O)CSc1nnc(-c2ccccc2Cl)n1C)c1ccc2c(c1)CCCC2. The van der Waals surface area contributed by atoms with Gasteiger partial charge in [-0.05, 0) is 61.4 Å². The molecule has 0 spiro atoms. The van der Waals surface area contributed by atoms with Crippen LogP contribution in [0, 0.1) is 0 Å². The van der Waals surface area contributed by atoms with Crippen molar-refractivity contribution in [3.05, 3.63) is 64.2 Å². The van der Waals surface area contributed by atoms with Crippen molar-refractivity contribution in [1.82, 2.24) is 20.1 Å². The van der Waals surface area contributed by atoms with Crippen LogP contribution in [0.1, 0.15) is 42.5 Å². The number of nitrogens with zero attached hydrogens (tertiary/aromatic N) is 3. The molecule has 30 heavy (non-hydrogen) atoms. The van der Waals surface area contributed by atoms with Gasteiger partial charge in [0, 0.05) is 12.6 Å². The maximum atomic E-state index is 12.5. The average Bonchev–Trinajstić information content (AvgIpc) is 3.12.